The molecule has 8 heteroatoms. The summed E-state index contributed by atoms with van der Waals surface area (Å²) in [4.78, 5) is 14.3. The zero-order valence-corrected chi connectivity index (χ0v) is 10.1. The number of aromatic nitrogens is 1. The molecule has 0 aliphatic carbocycles. The number of aldehydes is 1. The molecular weight excluding hydrogens is 307 g/mol. The Hall–Kier alpha value is -1.31. The zero-order chi connectivity index (χ0) is 13.1. The van der Waals surface area contributed by atoms with Crippen LogP contribution in [0.25, 0.3) is 0 Å². The molecule has 1 aromatic rings. The van der Waals surface area contributed by atoms with Gasteiger partial charge in [-0.2, -0.15) is 0 Å². The molecule has 0 aliphatic rings. The van der Waals surface area contributed by atoms with Gasteiger partial charge in [0.1, 0.15) is 11.3 Å². The van der Waals surface area contributed by atoms with E-state index in [2.05, 4.69) is 25.7 Å². The summed E-state index contributed by atoms with van der Waals surface area (Å²) in [7, 11) is 1.23. The molecule has 0 fully saturated rings. The number of hydrogen-bond donors (Lipinski definition) is 0. The Bertz CT molecular complexity index is 423. The quantitative estimate of drug-likeness (QED) is 0.633. The highest BCUT2D eigenvalue weighted by Crippen LogP contribution is 2.30. The van der Waals surface area contributed by atoms with Gasteiger partial charge in [0, 0.05) is 11.4 Å². The summed E-state index contributed by atoms with van der Waals surface area (Å²) in [5, 5.41) is 0.205. The van der Waals surface area contributed by atoms with Crippen molar-refractivity contribution < 1.29 is 27.4 Å². The van der Waals surface area contributed by atoms with Crippen LogP contribution in [0.3, 0.4) is 0 Å². The van der Waals surface area contributed by atoms with Crippen LogP contribution in [0.2, 0.25) is 0 Å². The van der Waals surface area contributed by atoms with Gasteiger partial charge in [0.2, 0.25) is 5.88 Å². The molecule has 0 saturated carbocycles. The highest BCUT2D eigenvalue weighted by Gasteiger charge is 2.33. The van der Waals surface area contributed by atoms with E-state index in [-0.39, 0.29) is 28.6 Å². The number of hydrogen-bond acceptors (Lipinski definition) is 4. The Kier molecular flexibility index (Phi) is 4.33. The fourth-order valence-electron chi connectivity index (χ4n) is 1.09. The Morgan fingerprint density at radius 3 is 2.59 bits per heavy atom. The average Bonchev–Trinajstić information content (AvgIpc) is 2.25. The van der Waals surface area contributed by atoms with Crippen LogP contribution in [0.15, 0.2) is 6.07 Å². The number of halogens is 4. The van der Waals surface area contributed by atoms with E-state index >= 15 is 0 Å². The predicted octanol–water partition coefficient (Wildman–Crippen LogP) is 2.70. The van der Waals surface area contributed by atoms with Gasteiger partial charge in [-0.25, -0.2) is 4.98 Å². The van der Waals surface area contributed by atoms with Crippen molar-refractivity contribution in [2.24, 2.45) is 0 Å². The minimum Gasteiger partial charge on any atom is -0.496 e. The SMILES string of the molecule is COc1cc(CBr)nc(OC(F)(F)F)c1C=O. The van der Waals surface area contributed by atoms with Crippen LogP contribution < -0.4 is 9.47 Å². The normalized spacial score (nSPS) is 11.1. The van der Waals surface area contributed by atoms with Gasteiger partial charge >= 0.3 is 6.36 Å². The van der Waals surface area contributed by atoms with Crippen LogP contribution in [-0.4, -0.2) is 24.7 Å². The first-order valence-corrected chi connectivity index (χ1v) is 5.38. The van der Waals surface area contributed by atoms with E-state index < -0.39 is 12.2 Å². The number of pyridine rings is 1. The van der Waals surface area contributed by atoms with Gasteiger partial charge in [-0.1, -0.05) is 15.9 Å². The second kappa shape index (κ2) is 5.35. The number of rotatable bonds is 4. The van der Waals surface area contributed by atoms with E-state index in [1.54, 1.807) is 0 Å². The Balaban J connectivity index is 3.29. The molecule has 0 amide bonds. The maximum Gasteiger partial charge on any atom is 0.574 e. The Morgan fingerprint density at radius 1 is 1.53 bits per heavy atom. The van der Waals surface area contributed by atoms with Crippen LogP contribution in [0, 0.1) is 0 Å². The minimum absolute atomic E-state index is 0.0244. The standard InChI is InChI=1S/C9H7BrF3NO3/c1-16-7-2-5(3-10)14-8(6(7)4-15)17-9(11,12)13/h2,4H,3H2,1H3. The van der Waals surface area contributed by atoms with Crippen LogP contribution in [-0.2, 0) is 5.33 Å². The van der Waals surface area contributed by atoms with Crippen molar-refractivity contribution in [1.82, 2.24) is 4.98 Å². The molecule has 1 aromatic heterocycles. The molecule has 0 aliphatic heterocycles. The highest BCUT2D eigenvalue weighted by molar-refractivity contribution is 9.08. The second-order valence-corrected chi connectivity index (χ2v) is 3.39. The molecule has 0 spiro atoms. The van der Waals surface area contributed by atoms with Crippen LogP contribution in [0.4, 0.5) is 13.2 Å². The average molecular weight is 314 g/mol. The maximum absolute atomic E-state index is 12.1. The Labute approximate surface area is 103 Å². The van der Waals surface area contributed by atoms with Gasteiger partial charge in [-0.05, 0) is 0 Å². The molecule has 17 heavy (non-hydrogen) atoms. The summed E-state index contributed by atoms with van der Waals surface area (Å²) in [5.41, 5.74) is -0.124. The minimum atomic E-state index is -4.92. The van der Waals surface area contributed by atoms with Gasteiger partial charge in [0.05, 0.1) is 12.8 Å². The monoisotopic (exact) mass is 313 g/mol. The first-order chi connectivity index (χ1) is 7.91. The van der Waals surface area contributed by atoms with E-state index in [0.29, 0.717) is 0 Å². The summed E-state index contributed by atoms with van der Waals surface area (Å²) >= 11 is 3.04. The number of carbonyl (C=O) groups is 1. The molecule has 0 aromatic carbocycles. The van der Waals surface area contributed by atoms with E-state index in [9.17, 15) is 18.0 Å². The molecule has 0 unspecified atom stereocenters. The van der Waals surface area contributed by atoms with Crippen LogP contribution in [0.1, 0.15) is 16.1 Å². The van der Waals surface area contributed by atoms with Gasteiger partial charge in [0.15, 0.2) is 6.29 Å². The van der Waals surface area contributed by atoms with E-state index in [1.807, 2.05) is 0 Å². The lowest BCUT2D eigenvalue weighted by molar-refractivity contribution is -0.276. The molecule has 1 heterocycles. The highest BCUT2D eigenvalue weighted by atomic mass is 79.9. The van der Waals surface area contributed by atoms with Crippen molar-refractivity contribution in [3.63, 3.8) is 0 Å². The van der Waals surface area contributed by atoms with Crippen molar-refractivity contribution in [2.75, 3.05) is 7.11 Å². The van der Waals surface area contributed by atoms with Crippen molar-refractivity contribution in [1.29, 1.82) is 0 Å². The smallest absolute Gasteiger partial charge is 0.496 e. The third-order valence-electron chi connectivity index (χ3n) is 1.73. The third kappa shape index (κ3) is 3.58. The number of methoxy groups -OCH3 is 1. The molecule has 0 N–H and O–H groups in total. The van der Waals surface area contributed by atoms with Crippen LogP contribution in [0.5, 0.6) is 11.6 Å². The number of alkyl halides is 4. The fourth-order valence-corrected chi connectivity index (χ4v) is 1.38. The van der Waals surface area contributed by atoms with Gasteiger partial charge < -0.3 is 9.47 Å². The molecule has 1 rings (SSSR count). The molecule has 0 bridgehead atoms. The van der Waals surface area contributed by atoms with Crippen molar-refractivity contribution in [3.05, 3.63) is 17.3 Å². The van der Waals surface area contributed by atoms with Gasteiger partial charge in [0.25, 0.3) is 0 Å². The van der Waals surface area contributed by atoms with Crippen molar-refractivity contribution >= 4 is 22.2 Å². The first kappa shape index (κ1) is 13.8. The molecule has 0 saturated heterocycles. The Morgan fingerprint density at radius 2 is 2.18 bits per heavy atom. The van der Waals surface area contributed by atoms with Gasteiger partial charge in [-0.15, -0.1) is 13.2 Å². The lowest BCUT2D eigenvalue weighted by Gasteiger charge is -2.13. The summed E-state index contributed by atoms with van der Waals surface area (Å²) in [5.74, 6) is -0.843. The molecule has 0 atom stereocenters. The summed E-state index contributed by atoms with van der Waals surface area (Å²) in [6.45, 7) is 0. The van der Waals surface area contributed by atoms with E-state index in [4.69, 9.17) is 4.74 Å². The largest absolute Gasteiger partial charge is 0.574 e. The third-order valence-corrected chi connectivity index (χ3v) is 2.30. The summed E-state index contributed by atoms with van der Waals surface area (Å²) in [6.07, 6.45) is -4.72. The van der Waals surface area contributed by atoms with Crippen LogP contribution >= 0.6 is 15.9 Å². The second-order valence-electron chi connectivity index (χ2n) is 2.83. The molecular formula is C9H7BrF3NO3. The summed E-state index contributed by atoms with van der Waals surface area (Å²) < 4.78 is 44.8. The maximum atomic E-state index is 12.1. The van der Waals surface area contributed by atoms with E-state index in [0.717, 1.165) is 0 Å². The fraction of sp³-hybridized carbons (Fsp3) is 0.333. The molecule has 0 radical (unpaired) electrons. The lowest BCUT2D eigenvalue weighted by atomic mass is 10.2. The van der Waals surface area contributed by atoms with Crippen molar-refractivity contribution in [3.8, 4) is 11.6 Å². The molecule has 94 valence electrons. The lowest BCUT2D eigenvalue weighted by Crippen LogP contribution is -2.19. The van der Waals surface area contributed by atoms with Crippen molar-refractivity contribution in [2.45, 2.75) is 11.7 Å². The van der Waals surface area contributed by atoms with E-state index in [1.165, 1.54) is 13.2 Å². The number of nitrogens with zero attached hydrogens (tertiary/aromatic N) is 1. The summed E-state index contributed by atoms with van der Waals surface area (Å²) in [6, 6.07) is 1.35. The number of ether oxygens (including phenoxy) is 2. The first-order valence-electron chi connectivity index (χ1n) is 4.26. The molecule has 4 nitrogen and oxygen atoms in total. The topological polar surface area (TPSA) is 48.4 Å². The zero-order valence-electron chi connectivity index (χ0n) is 8.55. The number of carbonyl (C=O) groups excluding carboxylic acids is 1. The van der Waals surface area contributed by atoms with Gasteiger partial charge in [-0.3, -0.25) is 4.79 Å². The predicted molar refractivity (Wildman–Crippen MR) is 55.5 cm³/mol.